The first kappa shape index (κ1) is 18.5. The minimum Gasteiger partial charge on any atom is -0.469 e. The standard InChI is InChI=1S/C20H17N3O3S2/c1-13-15(9-10-25-13)19-22-23-20(26-19)28-12-17(24)21-18(16-8-5-11-27-16)14-6-3-2-4-7-14/h2-11,18H,12H2,1H3,(H,21,24). The summed E-state index contributed by atoms with van der Waals surface area (Å²) in [5, 5.41) is 13.5. The number of thiophene rings is 1. The zero-order chi connectivity index (χ0) is 19.3. The predicted octanol–water partition coefficient (Wildman–Crippen LogP) is 4.70. The molecule has 3 heterocycles. The summed E-state index contributed by atoms with van der Waals surface area (Å²) >= 11 is 2.82. The van der Waals surface area contributed by atoms with E-state index in [2.05, 4.69) is 15.5 Å². The molecule has 0 aliphatic carbocycles. The lowest BCUT2D eigenvalue weighted by molar-refractivity contribution is -0.119. The topological polar surface area (TPSA) is 81.2 Å². The fourth-order valence-electron chi connectivity index (χ4n) is 2.73. The van der Waals surface area contributed by atoms with Crippen LogP contribution >= 0.6 is 23.1 Å². The normalized spacial score (nSPS) is 12.0. The van der Waals surface area contributed by atoms with Crippen molar-refractivity contribution in [3.63, 3.8) is 0 Å². The van der Waals surface area contributed by atoms with E-state index in [-0.39, 0.29) is 17.7 Å². The van der Waals surface area contributed by atoms with Crippen molar-refractivity contribution in [1.82, 2.24) is 15.5 Å². The van der Waals surface area contributed by atoms with E-state index in [1.807, 2.05) is 54.8 Å². The molecule has 1 atom stereocenters. The second kappa shape index (κ2) is 8.45. The molecule has 1 amide bonds. The lowest BCUT2D eigenvalue weighted by Crippen LogP contribution is -2.30. The molecule has 0 fully saturated rings. The van der Waals surface area contributed by atoms with Crippen molar-refractivity contribution in [2.24, 2.45) is 0 Å². The molecule has 0 saturated carbocycles. The van der Waals surface area contributed by atoms with Gasteiger partial charge in [-0.1, -0.05) is 48.2 Å². The Bertz CT molecular complexity index is 1040. The molecule has 0 bridgehead atoms. The SMILES string of the molecule is Cc1occc1-c1nnc(SCC(=O)NC(c2ccccc2)c2cccs2)o1. The van der Waals surface area contributed by atoms with Gasteiger partial charge in [-0.3, -0.25) is 4.79 Å². The smallest absolute Gasteiger partial charge is 0.277 e. The Morgan fingerprint density at radius 2 is 2.04 bits per heavy atom. The average molecular weight is 412 g/mol. The van der Waals surface area contributed by atoms with Crippen LogP contribution in [0, 0.1) is 6.92 Å². The quantitative estimate of drug-likeness (QED) is 0.444. The first-order valence-corrected chi connectivity index (χ1v) is 10.5. The van der Waals surface area contributed by atoms with Crippen LogP contribution in [0.3, 0.4) is 0 Å². The molecule has 3 aromatic heterocycles. The van der Waals surface area contributed by atoms with Gasteiger partial charge in [0.05, 0.1) is 23.6 Å². The van der Waals surface area contributed by atoms with Crippen LogP contribution in [0.2, 0.25) is 0 Å². The highest BCUT2D eigenvalue weighted by Gasteiger charge is 2.19. The summed E-state index contributed by atoms with van der Waals surface area (Å²) in [4.78, 5) is 13.6. The zero-order valence-corrected chi connectivity index (χ0v) is 16.6. The lowest BCUT2D eigenvalue weighted by Gasteiger charge is -2.17. The van der Waals surface area contributed by atoms with Crippen molar-refractivity contribution in [2.45, 2.75) is 18.2 Å². The Morgan fingerprint density at radius 3 is 2.75 bits per heavy atom. The first-order valence-electron chi connectivity index (χ1n) is 8.59. The monoisotopic (exact) mass is 411 g/mol. The van der Waals surface area contributed by atoms with E-state index in [1.54, 1.807) is 23.7 Å². The molecule has 0 radical (unpaired) electrons. The van der Waals surface area contributed by atoms with Gasteiger partial charge in [-0.05, 0) is 30.0 Å². The van der Waals surface area contributed by atoms with Crippen molar-refractivity contribution >= 4 is 29.0 Å². The largest absolute Gasteiger partial charge is 0.469 e. The summed E-state index contributed by atoms with van der Waals surface area (Å²) in [6.45, 7) is 1.83. The van der Waals surface area contributed by atoms with E-state index in [1.165, 1.54) is 11.8 Å². The Hall–Kier alpha value is -2.84. The zero-order valence-electron chi connectivity index (χ0n) is 15.0. The number of hydrogen-bond acceptors (Lipinski definition) is 7. The molecule has 4 rings (SSSR count). The van der Waals surface area contributed by atoms with E-state index in [4.69, 9.17) is 8.83 Å². The van der Waals surface area contributed by atoms with Gasteiger partial charge in [-0.2, -0.15) is 0 Å². The molecule has 8 heteroatoms. The highest BCUT2D eigenvalue weighted by Crippen LogP contribution is 2.28. The third-order valence-electron chi connectivity index (χ3n) is 4.09. The number of nitrogens with zero attached hydrogens (tertiary/aromatic N) is 2. The number of carbonyl (C=O) groups is 1. The van der Waals surface area contributed by atoms with E-state index < -0.39 is 0 Å². The maximum Gasteiger partial charge on any atom is 0.277 e. The number of carbonyl (C=O) groups excluding carboxylic acids is 1. The molecular weight excluding hydrogens is 394 g/mol. The maximum absolute atomic E-state index is 12.6. The van der Waals surface area contributed by atoms with Gasteiger partial charge in [0.1, 0.15) is 5.76 Å². The van der Waals surface area contributed by atoms with Gasteiger partial charge < -0.3 is 14.2 Å². The van der Waals surface area contributed by atoms with Crippen LogP contribution in [0.15, 0.2) is 74.2 Å². The van der Waals surface area contributed by atoms with Crippen LogP contribution in [-0.2, 0) is 4.79 Å². The summed E-state index contributed by atoms with van der Waals surface area (Å²) in [5.74, 6) is 1.17. The molecule has 0 spiro atoms. The van der Waals surface area contributed by atoms with Crippen LogP contribution in [0.25, 0.3) is 11.5 Å². The fraction of sp³-hybridized carbons (Fsp3) is 0.150. The van der Waals surface area contributed by atoms with Gasteiger partial charge in [0, 0.05) is 4.88 Å². The second-order valence-corrected chi connectivity index (χ2v) is 7.88. The lowest BCUT2D eigenvalue weighted by atomic mass is 10.1. The summed E-state index contributed by atoms with van der Waals surface area (Å²) in [7, 11) is 0. The number of furan rings is 1. The van der Waals surface area contributed by atoms with E-state index in [0.29, 0.717) is 16.9 Å². The van der Waals surface area contributed by atoms with Crippen molar-refractivity contribution in [3.05, 3.63) is 76.4 Å². The van der Waals surface area contributed by atoms with Crippen LogP contribution in [0.1, 0.15) is 22.2 Å². The number of aryl methyl sites for hydroxylation is 1. The van der Waals surface area contributed by atoms with Gasteiger partial charge in [0.2, 0.25) is 5.91 Å². The Morgan fingerprint density at radius 1 is 1.18 bits per heavy atom. The molecule has 0 aliphatic rings. The molecule has 4 aromatic rings. The highest BCUT2D eigenvalue weighted by molar-refractivity contribution is 7.99. The van der Waals surface area contributed by atoms with Crippen LogP contribution < -0.4 is 5.32 Å². The molecule has 1 unspecified atom stereocenters. The minimum absolute atomic E-state index is 0.105. The van der Waals surface area contributed by atoms with Gasteiger partial charge in [0.15, 0.2) is 0 Å². The van der Waals surface area contributed by atoms with E-state index in [0.717, 1.165) is 16.0 Å². The van der Waals surface area contributed by atoms with Crippen molar-refractivity contribution < 1.29 is 13.6 Å². The highest BCUT2D eigenvalue weighted by atomic mass is 32.2. The second-order valence-electron chi connectivity index (χ2n) is 5.98. The third-order valence-corrected chi connectivity index (χ3v) is 5.84. The number of aromatic nitrogens is 2. The molecule has 0 saturated heterocycles. The number of benzene rings is 1. The predicted molar refractivity (Wildman–Crippen MR) is 108 cm³/mol. The average Bonchev–Trinajstić information content (AvgIpc) is 3.47. The Balaban J connectivity index is 1.41. The third kappa shape index (κ3) is 4.18. The number of nitrogens with one attached hydrogen (secondary N) is 1. The summed E-state index contributed by atoms with van der Waals surface area (Å²) < 4.78 is 10.9. The van der Waals surface area contributed by atoms with Gasteiger partial charge in [-0.15, -0.1) is 21.5 Å². The summed E-state index contributed by atoms with van der Waals surface area (Å²) in [6.07, 6.45) is 1.57. The molecular formula is C20H17N3O3S2. The van der Waals surface area contributed by atoms with Crippen molar-refractivity contribution in [3.8, 4) is 11.5 Å². The van der Waals surface area contributed by atoms with Crippen molar-refractivity contribution in [1.29, 1.82) is 0 Å². The van der Waals surface area contributed by atoms with Crippen LogP contribution in [0.4, 0.5) is 0 Å². The summed E-state index contributed by atoms with van der Waals surface area (Å²) in [6, 6.07) is 15.5. The number of hydrogen-bond donors (Lipinski definition) is 1. The Kier molecular flexibility index (Phi) is 5.59. The molecule has 142 valence electrons. The maximum atomic E-state index is 12.6. The van der Waals surface area contributed by atoms with Crippen LogP contribution in [0.5, 0.6) is 0 Å². The fourth-order valence-corrected chi connectivity index (χ4v) is 4.11. The Labute approximate surface area is 170 Å². The number of thioether (sulfide) groups is 1. The van der Waals surface area contributed by atoms with Gasteiger partial charge >= 0.3 is 0 Å². The molecule has 1 aromatic carbocycles. The first-order chi connectivity index (χ1) is 13.7. The number of amides is 1. The molecule has 1 N–H and O–H groups in total. The van der Waals surface area contributed by atoms with Crippen molar-refractivity contribution in [2.75, 3.05) is 5.75 Å². The van der Waals surface area contributed by atoms with E-state index >= 15 is 0 Å². The number of rotatable bonds is 7. The molecule has 28 heavy (non-hydrogen) atoms. The van der Waals surface area contributed by atoms with Gasteiger partial charge in [0.25, 0.3) is 11.1 Å². The molecule has 0 aliphatic heterocycles. The van der Waals surface area contributed by atoms with Gasteiger partial charge in [-0.25, -0.2) is 0 Å². The van der Waals surface area contributed by atoms with Crippen LogP contribution in [-0.4, -0.2) is 21.9 Å². The summed E-state index contributed by atoms with van der Waals surface area (Å²) in [5.41, 5.74) is 1.80. The van der Waals surface area contributed by atoms with E-state index in [9.17, 15) is 4.79 Å². The minimum atomic E-state index is -0.180. The molecule has 6 nitrogen and oxygen atoms in total.